The Kier molecular flexibility index (Phi) is 6.66. The summed E-state index contributed by atoms with van der Waals surface area (Å²) in [6.45, 7) is 8.73. The fourth-order valence-electron chi connectivity index (χ4n) is 4.84. The molecule has 1 N–H and O–H groups in total. The van der Waals surface area contributed by atoms with Crippen molar-refractivity contribution in [1.82, 2.24) is 10.2 Å². The lowest BCUT2D eigenvalue weighted by Crippen LogP contribution is -2.35. The van der Waals surface area contributed by atoms with Crippen molar-refractivity contribution in [3.8, 4) is 5.75 Å². The molecule has 1 amide bonds. The molecule has 0 bridgehead atoms. The van der Waals surface area contributed by atoms with Crippen LogP contribution in [-0.4, -0.2) is 37.6 Å². The zero-order valence-electron chi connectivity index (χ0n) is 17.1. The molecule has 2 aliphatic heterocycles. The van der Waals surface area contributed by atoms with Crippen LogP contribution in [0.25, 0.3) is 0 Å². The monoisotopic (exact) mass is 412 g/mol. The molecule has 2 fully saturated rings. The summed E-state index contributed by atoms with van der Waals surface area (Å²) in [5.74, 6) is 1.89. The van der Waals surface area contributed by atoms with Gasteiger partial charge in [-0.2, -0.15) is 0 Å². The molecule has 3 atom stereocenters. The van der Waals surface area contributed by atoms with Gasteiger partial charge in [0.15, 0.2) is 0 Å². The lowest BCUT2D eigenvalue weighted by molar-refractivity contribution is 0.0713. The first-order valence-corrected chi connectivity index (χ1v) is 9.99. The Morgan fingerprint density at radius 3 is 2.79 bits per heavy atom. The molecule has 5 heteroatoms. The van der Waals surface area contributed by atoms with Gasteiger partial charge >= 0.3 is 0 Å². The molecule has 2 heterocycles. The van der Waals surface area contributed by atoms with Crippen molar-refractivity contribution in [3.05, 3.63) is 77.4 Å². The van der Waals surface area contributed by atoms with Gasteiger partial charge in [-0.1, -0.05) is 30.3 Å². The molecular weight excluding hydrogens is 384 g/mol. The van der Waals surface area contributed by atoms with Crippen molar-refractivity contribution < 1.29 is 9.53 Å². The van der Waals surface area contributed by atoms with Crippen LogP contribution in [0.5, 0.6) is 5.75 Å². The summed E-state index contributed by atoms with van der Waals surface area (Å²) in [4.78, 5) is 15.7. The van der Waals surface area contributed by atoms with Gasteiger partial charge in [0.1, 0.15) is 5.75 Å². The number of allylic oxidation sites excluding steroid dienone is 1. The number of amides is 1. The number of halogens is 1. The van der Waals surface area contributed by atoms with Crippen molar-refractivity contribution in [2.24, 2.45) is 11.8 Å². The smallest absolute Gasteiger partial charge is 0.254 e. The number of aryl methyl sites for hydroxylation is 1. The summed E-state index contributed by atoms with van der Waals surface area (Å²) in [6, 6.07) is 14.3. The van der Waals surface area contributed by atoms with Crippen LogP contribution in [0.15, 0.2) is 55.1 Å². The quantitative estimate of drug-likeness (QED) is 0.749. The number of rotatable bonds is 5. The van der Waals surface area contributed by atoms with Crippen molar-refractivity contribution in [3.63, 3.8) is 0 Å². The molecule has 29 heavy (non-hydrogen) atoms. The second-order valence-corrected chi connectivity index (χ2v) is 7.86. The highest BCUT2D eigenvalue weighted by atomic mass is 35.5. The largest absolute Gasteiger partial charge is 0.496 e. The third kappa shape index (κ3) is 3.92. The minimum absolute atomic E-state index is 0. The average Bonchev–Trinajstić information content (AvgIpc) is 3.29. The minimum Gasteiger partial charge on any atom is -0.496 e. The Hall–Kier alpha value is -2.30. The Morgan fingerprint density at radius 2 is 2.07 bits per heavy atom. The van der Waals surface area contributed by atoms with E-state index < -0.39 is 0 Å². The number of fused-ring (bicyclic) bond motifs is 1. The predicted octanol–water partition coefficient (Wildman–Crippen LogP) is 4.19. The van der Waals surface area contributed by atoms with Gasteiger partial charge in [0.2, 0.25) is 0 Å². The van der Waals surface area contributed by atoms with Crippen LogP contribution in [-0.2, 0) is 6.42 Å². The third-order valence-corrected chi connectivity index (χ3v) is 6.22. The van der Waals surface area contributed by atoms with Crippen LogP contribution in [0.3, 0.4) is 0 Å². The number of benzene rings is 2. The lowest BCUT2D eigenvalue weighted by atomic mass is 9.87. The standard InChI is InChI=1S/C24H28N2O2.ClH/c1-4-7-17-12-18(10-11-22(17)28-3)24(27)26-15-19-13-25-14-21(19)23(26)20-9-6-5-8-16(20)2;/h4-6,8-12,19,21,23,25H,1,7,13-15H2,2-3H3;1H/t19-,21-,23-;/m0./s1. The highest BCUT2D eigenvalue weighted by Crippen LogP contribution is 2.44. The summed E-state index contributed by atoms with van der Waals surface area (Å²) < 4.78 is 5.44. The summed E-state index contributed by atoms with van der Waals surface area (Å²) >= 11 is 0. The topological polar surface area (TPSA) is 41.6 Å². The van der Waals surface area contributed by atoms with E-state index in [1.165, 1.54) is 11.1 Å². The van der Waals surface area contributed by atoms with Gasteiger partial charge in [0.25, 0.3) is 5.91 Å². The first-order chi connectivity index (χ1) is 13.6. The molecule has 2 aromatic rings. The number of carbonyl (C=O) groups excluding carboxylic acids is 1. The van der Waals surface area contributed by atoms with Crippen LogP contribution in [0.2, 0.25) is 0 Å². The van der Waals surface area contributed by atoms with Crippen LogP contribution in [0.1, 0.15) is 33.1 Å². The van der Waals surface area contributed by atoms with Gasteiger partial charge in [0.05, 0.1) is 13.2 Å². The van der Waals surface area contributed by atoms with Crippen molar-refractivity contribution >= 4 is 18.3 Å². The molecule has 2 aliphatic rings. The fourth-order valence-corrected chi connectivity index (χ4v) is 4.84. The van der Waals surface area contributed by atoms with Crippen molar-refractivity contribution in [2.45, 2.75) is 19.4 Å². The van der Waals surface area contributed by atoms with Gasteiger partial charge in [-0.25, -0.2) is 0 Å². The van der Waals surface area contributed by atoms with Crippen LogP contribution in [0.4, 0.5) is 0 Å². The molecular formula is C24H29ClN2O2. The number of likely N-dealkylation sites (tertiary alicyclic amines) is 1. The van der Waals surface area contributed by atoms with Gasteiger partial charge in [-0.3, -0.25) is 4.79 Å². The number of nitrogens with zero attached hydrogens (tertiary/aromatic N) is 1. The number of ether oxygens (including phenoxy) is 1. The number of methoxy groups -OCH3 is 1. The van der Waals surface area contributed by atoms with E-state index in [-0.39, 0.29) is 24.4 Å². The van der Waals surface area contributed by atoms with Crippen molar-refractivity contribution in [2.75, 3.05) is 26.7 Å². The second kappa shape index (κ2) is 9.02. The van der Waals surface area contributed by atoms with E-state index in [1.807, 2.05) is 24.3 Å². The number of hydrogen-bond donors (Lipinski definition) is 1. The van der Waals surface area contributed by atoms with Crippen LogP contribution >= 0.6 is 12.4 Å². The molecule has 0 saturated carbocycles. The number of hydrogen-bond acceptors (Lipinski definition) is 3. The molecule has 0 spiro atoms. The van der Waals surface area contributed by atoms with Crippen LogP contribution < -0.4 is 10.1 Å². The molecule has 0 aromatic heterocycles. The Balaban J connectivity index is 0.00000240. The molecule has 2 aromatic carbocycles. The summed E-state index contributed by atoms with van der Waals surface area (Å²) in [5, 5.41) is 3.52. The van der Waals surface area contributed by atoms with Gasteiger partial charge < -0.3 is 15.0 Å². The van der Waals surface area contributed by atoms with Gasteiger partial charge in [-0.05, 0) is 54.2 Å². The molecule has 0 radical (unpaired) electrons. The van der Waals surface area contributed by atoms with Crippen LogP contribution in [0, 0.1) is 18.8 Å². The van der Waals surface area contributed by atoms with E-state index in [2.05, 4.69) is 48.0 Å². The maximum Gasteiger partial charge on any atom is 0.254 e. The summed E-state index contributed by atoms with van der Waals surface area (Å²) in [7, 11) is 1.66. The molecule has 4 rings (SSSR count). The highest BCUT2D eigenvalue weighted by Gasteiger charge is 2.47. The Morgan fingerprint density at radius 1 is 1.28 bits per heavy atom. The lowest BCUT2D eigenvalue weighted by Gasteiger charge is -2.30. The fraction of sp³-hybridized carbons (Fsp3) is 0.375. The zero-order chi connectivity index (χ0) is 19.7. The first kappa shape index (κ1) is 21.4. The van der Waals surface area contributed by atoms with E-state index in [1.54, 1.807) is 7.11 Å². The van der Waals surface area contributed by atoms with Gasteiger partial charge in [0, 0.05) is 31.1 Å². The number of carbonyl (C=O) groups is 1. The SMILES string of the molecule is C=CCc1cc(C(=O)N2C[C@@H]3CNC[C@@H]3[C@@H]2c2ccccc2C)ccc1OC.Cl. The van der Waals surface area contributed by atoms with Gasteiger partial charge in [-0.15, -0.1) is 19.0 Å². The highest BCUT2D eigenvalue weighted by molar-refractivity contribution is 5.95. The predicted molar refractivity (Wildman–Crippen MR) is 119 cm³/mol. The second-order valence-electron chi connectivity index (χ2n) is 7.86. The van der Waals surface area contributed by atoms with E-state index in [0.717, 1.165) is 36.5 Å². The maximum absolute atomic E-state index is 13.6. The molecule has 0 unspecified atom stereocenters. The molecule has 154 valence electrons. The minimum atomic E-state index is 0. The summed E-state index contributed by atoms with van der Waals surface area (Å²) in [6.07, 6.45) is 2.52. The maximum atomic E-state index is 13.6. The van der Waals surface area contributed by atoms with E-state index in [4.69, 9.17) is 4.74 Å². The Labute approximate surface area is 179 Å². The average molecular weight is 413 g/mol. The first-order valence-electron chi connectivity index (χ1n) is 9.99. The summed E-state index contributed by atoms with van der Waals surface area (Å²) in [5.41, 5.74) is 4.24. The van der Waals surface area contributed by atoms with E-state index in [0.29, 0.717) is 18.3 Å². The van der Waals surface area contributed by atoms with E-state index >= 15 is 0 Å². The molecule has 4 nitrogen and oxygen atoms in total. The molecule has 2 saturated heterocycles. The van der Waals surface area contributed by atoms with E-state index in [9.17, 15) is 4.79 Å². The number of nitrogens with one attached hydrogen (secondary N) is 1. The molecule has 0 aliphatic carbocycles. The van der Waals surface area contributed by atoms with Crippen molar-refractivity contribution in [1.29, 1.82) is 0 Å². The Bertz CT molecular complexity index is 898. The zero-order valence-corrected chi connectivity index (χ0v) is 17.9. The normalized spacial score (nSPS) is 22.7. The third-order valence-electron chi connectivity index (χ3n) is 6.22.